The Balaban J connectivity index is 3.02. The molecule has 0 aromatic carbocycles. The summed E-state index contributed by atoms with van der Waals surface area (Å²) in [4.78, 5) is 0. The van der Waals surface area contributed by atoms with Crippen LogP contribution >= 0.6 is 11.8 Å². The molecule has 0 rings (SSSR count). The van der Waals surface area contributed by atoms with Gasteiger partial charge in [0.2, 0.25) is 0 Å². The number of rotatable bonds is 6. The standard InChI is InChI=1S/C8H19NOS/c1-8(2,9)7-10-5-4-6-11-3/h4-7,9H2,1-3H3. The van der Waals surface area contributed by atoms with Crippen LogP contribution in [-0.4, -0.2) is 30.8 Å². The van der Waals surface area contributed by atoms with E-state index >= 15 is 0 Å². The molecule has 68 valence electrons. The summed E-state index contributed by atoms with van der Waals surface area (Å²) in [6.45, 7) is 5.44. The fourth-order valence-corrected chi connectivity index (χ4v) is 1.05. The zero-order valence-corrected chi connectivity index (χ0v) is 8.54. The van der Waals surface area contributed by atoms with Crippen molar-refractivity contribution >= 4 is 11.8 Å². The highest BCUT2D eigenvalue weighted by molar-refractivity contribution is 7.98. The lowest BCUT2D eigenvalue weighted by Crippen LogP contribution is -2.37. The molecule has 0 aromatic heterocycles. The van der Waals surface area contributed by atoms with E-state index in [9.17, 15) is 0 Å². The molecular weight excluding hydrogens is 158 g/mol. The molecule has 0 fully saturated rings. The molecule has 0 heterocycles. The number of hydrogen-bond donors (Lipinski definition) is 1. The predicted molar refractivity (Wildman–Crippen MR) is 52.1 cm³/mol. The summed E-state index contributed by atoms with van der Waals surface area (Å²) in [7, 11) is 0. The summed E-state index contributed by atoms with van der Waals surface area (Å²) in [5, 5.41) is 0. The van der Waals surface area contributed by atoms with Gasteiger partial charge in [0.05, 0.1) is 6.61 Å². The van der Waals surface area contributed by atoms with E-state index in [0.29, 0.717) is 6.61 Å². The van der Waals surface area contributed by atoms with Gasteiger partial charge in [0.25, 0.3) is 0 Å². The number of thioether (sulfide) groups is 1. The molecule has 2 nitrogen and oxygen atoms in total. The number of hydrogen-bond acceptors (Lipinski definition) is 3. The highest BCUT2D eigenvalue weighted by Crippen LogP contribution is 1.99. The topological polar surface area (TPSA) is 35.2 Å². The van der Waals surface area contributed by atoms with Crippen molar-refractivity contribution in [2.24, 2.45) is 5.73 Å². The van der Waals surface area contributed by atoms with E-state index in [-0.39, 0.29) is 5.54 Å². The van der Waals surface area contributed by atoms with Crippen LogP contribution in [0, 0.1) is 0 Å². The molecular formula is C8H19NOS. The first-order valence-electron chi connectivity index (χ1n) is 3.92. The van der Waals surface area contributed by atoms with Crippen molar-refractivity contribution in [2.45, 2.75) is 25.8 Å². The Morgan fingerprint density at radius 2 is 2.09 bits per heavy atom. The third-order valence-electron chi connectivity index (χ3n) is 1.11. The van der Waals surface area contributed by atoms with Gasteiger partial charge in [-0.2, -0.15) is 11.8 Å². The molecule has 0 aromatic rings. The third-order valence-corrected chi connectivity index (χ3v) is 1.81. The van der Waals surface area contributed by atoms with Gasteiger partial charge in [-0.05, 0) is 32.3 Å². The molecule has 0 bridgehead atoms. The maximum absolute atomic E-state index is 5.72. The molecule has 0 aliphatic heterocycles. The second kappa shape index (κ2) is 5.86. The summed E-state index contributed by atoms with van der Waals surface area (Å²) in [6, 6.07) is 0. The van der Waals surface area contributed by atoms with E-state index in [1.165, 1.54) is 5.75 Å². The van der Waals surface area contributed by atoms with Crippen LogP contribution in [0.4, 0.5) is 0 Å². The van der Waals surface area contributed by atoms with Gasteiger partial charge in [0.1, 0.15) is 0 Å². The fraction of sp³-hybridized carbons (Fsp3) is 1.00. The van der Waals surface area contributed by atoms with Crippen LogP contribution in [0.25, 0.3) is 0 Å². The van der Waals surface area contributed by atoms with E-state index in [0.717, 1.165) is 13.0 Å². The molecule has 0 radical (unpaired) electrons. The molecule has 2 N–H and O–H groups in total. The fourth-order valence-electron chi connectivity index (χ4n) is 0.641. The normalized spacial score (nSPS) is 12.0. The predicted octanol–water partition coefficient (Wildman–Crippen LogP) is 1.49. The summed E-state index contributed by atoms with van der Waals surface area (Å²) in [5.74, 6) is 1.17. The van der Waals surface area contributed by atoms with E-state index in [2.05, 4.69) is 6.26 Å². The van der Waals surface area contributed by atoms with Gasteiger partial charge in [0, 0.05) is 12.1 Å². The van der Waals surface area contributed by atoms with Crippen LogP contribution in [0.15, 0.2) is 0 Å². The number of nitrogens with two attached hydrogens (primary N) is 1. The molecule has 0 aliphatic carbocycles. The van der Waals surface area contributed by atoms with Gasteiger partial charge >= 0.3 is 0 Å². The van der Waals surface area contributed by atoms with E-state index in [1.807, 2.05) is 25.6 Å². The van der Waals surface area contributed by atoms with Gasteiger partial charge in [-0.3, -0.25) is 0 Å². The lowest BCUT2D eigenvalue weighted by molar-refractivity contribution is 0.0983. The Labute approximate surface area is 73.9 Å². The first-order chi connectivity index (χ1) is 5.06. The van der Waals surface area contributed by atoms with Crippen LogP contribution in [0.1, 0.15) is 20.3 Å². The van der Waals surface area contributed by atoms with E-state index in [4.69, 9.17) is 10.5 Å². The average Bonchev–Trinajstić information content (AvgIpc) is 1.85. The van der Waals surface area contributed by atoms with Gasteiger partial charge < -0.3 is 10.5 Å². The van der Waals surface area contributed by atoms with Crippen LogP contribution < -0.4 is 5.73 Å². The quantitative estimate of drug-likeness (QED) is 0.624. The van der Waals surface area contributed by atoms with E-state index < -0.39 is 0 Å². The van der Waals surface area contributed by atoms with Gasteiger partial charge in [0.15, 0.2) is 0 Å². The highest BCUT2D eigenvalue weighted by atomic mass is 32.2. The van der Waals surface area contributed by atoms with Crippen LogP contribution in [-0.2, 0) is 4.74 Å². The summed E-state index contributed by atoms with van der Waals surface area (Å²) in [6.07, 6.45) is 3.23. The minimum Gasteiger partial charge on any atom is -0.380 e. The summed E-state index contributed by atoms with van der Waals surface area (Å²) < 4.78 is 5.36. The summed E-state index contributed by atoms with van der Waals surface area (Å²) >= 11 is 1.85. The number of ether oxygens (including phenoxy) is 1. The largest absolute Gasteiger partial charge is 0.380 e. The van der Waals surface area contributed by atoms with Crippen molar-refractivity contribution < 1.29 is 4.74 Å². The van der Waals surface area contributed by atoms with E-state index in [1.54, 1.807) is 0 Å². The second-order valence-corrected chi connectivity index (χ2v) is 4.37. The molecule has 0 amide bonds. The Kier molecular flexibility index (Phi) is 6.01. The Hall–Kier alpha value is 0.270. The first-order valence-corrected chi connectivity index (χ1v) is 5.31. The Morgan fingerprint density at radius 3 is 2.55 bits per heavy atom. The SMILES string of the molecule is CSCCCOCC(C)(C)N. The third kappa shape index (κ3) is 10.3. The molecule has 0 saturated heterocycles. The molecule has 11 heavy (non-hydrogen) atoms. The van der Waals surface area contributed by atoms with Crippen LogP contribution in [0.5, 0.6) is 0 Å². The molecule has 0 saturated carbocycles. The summed E-state index contributed by atoms with van der Waals surface area (Å²) in [5.41, 5.74) is 5.54. The monoisotopic (exact) mass is 177 g/mol. The van der Waals surface area contributed by atoms with Crippen molar-refractivity contribution in [3.05, 3.63) is 0 Å². The minimum absolute atomic E-state index is 0.181. The van der Waals surface area contributed by atoms with Crippen molar-refractivity contribution in [2.75, 3.05) is 25.2 Å². The van der Waals surface area contributed by atoms with Crippen molar-refractivity contribution in [1.82, 2.24) is 0 Å². The van der Waals surface area contributed by atoms with Gasteiger partial charge in [-0.1, -0.05) is 0 Å². The first kappa shape index (κ1) is 11.3. The van der Waals surface area contributed by atoms with Crippen molar-refractivity contribution in [3.8, 4) is 0 Å². The molecule has 0 spiro atoms. The maximum atomic E-state index is 5.72. The average molecular weight is 177 g/mol. The molecule has 3 heteroatoms. The molecule has 0 unspecified atom stereocenters. The molecule has 0 atom stereocenters. The minimum atomic E-state index is -0.181. The lowest BCUT2D eigenvalue weighted by Gasteiger charge is -2.17. The van der Waals surface area contributed by atoms with Crippen LogP contribution in [0.2, 0.25) is 0 Å². The maximum Gasteiger partial charge on any atom is 0.0640 e. The highest BCUT2D eigenvalue weighted by Gasteiger charge is 2.09. The van der Waals surface area contributed by atoms with Crippen molar-refractivity contribution in [1.29, 1.82) is 0 Å². The van der Waals surface area contributed by atoms with Crippen molar-refractivity contribution in [3.63, 3.8) is 0 Å². The molecule has 0 aliphatic rings. The second-order valence-electron chi connectivity index (χ2n) is 3.39. The zero-order chi connectivity index (χ0) is 8.74. The Morgan fingerprint density at radius 1 is 1.45 bits per heavy atom. The zero-order valence-electron chi connectivity index (χ0n) is 7.72. The lowest BCUT2D eigenvalue weighted by atomic mass is 10.1. The van der Waals surface area contributed by atoms with Gasteiger partial charge in [-0.15, -0.1) is 0 Å². The Bertz CT molecular complexity index is 90.6. The smallest absolute Gasteiger partial charge is 0.0640 e. The van der Waals surface area contributed by atoms with Gasteiger partial charge in [-0.25, -0.2) is 0 Å². The van der Waals surface area contributed by atoms with Crippen LogP contribution in [0.3, 0.4) is 0 Å².